The highest BCUT2D eigenvalue weighted by Gasteiger charge is 2.33. The van der Waals surface area contributed by atoms with Gasteiger partial charge in [-0.1, -0.05) is 6.92 Å². The van der Waals surface area contributed by atoms with Gasteiger partial charge in [0.25, 0.3) is 0 Å². The van der Waals surface area contributed by atoms with E-state index in [9.17, 15) is 9.90 Å². The highest BCUT2D eigenvalue weighted by molar-refractivity contribution is 5.79. The molecule has 1 fully saturated rings. The number of nitrogens with two attached hydrogens (primary N) is 1. The fraction of sp³-hybridized carbons (Fsp3) is 0.909. The summed E-state index contributed by atoms with van der Waals surface area (Å²) in [7, 11) is 0. The van der Waals surface area contributed by atoms with Crippen LogP contribution in [0.5, 0.6) is 0 Å². The number of amides is 1. The summed E-state index contributed by atoms with van der Waals surface area (Å²) in [6.07, 6.45) is 1.63. The lowest BCUT2D eigenvalue weighted by molar-refractivity contribution is -0.141. The van der Waals surface area contributed by atoms with Gasteiger partial charge in [-0.15, -0.1) is 0 Å². The molecular weight excluding hydrogens is 192 g/mol. The van der Waals surface area contributed by atoms with Crippen LogP contribution >= 0.6 is 0 Å². The van der Waals surface area contributed by atoms with Crippen LogP contribution in [0, 0.1) is 5.92 Å². The zero-order valence-corrected chi connectivity index (χ0v) is 9.86. The summed E-state index contributed by atoms with van der Waals surface area (Å²) in [6, 6.07) is -0.135. The van der Waals surface area contributed by atoms with Gasteiger partial charge < -0.3 is 15.7 Å². The second kappa shape index (κ2) is 4.49. The molecule has 1 heterocycles. The highest BCUT2D eigenvalue weighted by Crippen LogP contribution is 2.21. The standard InChI is InChI=1S/C11H22N2O2/c1-8(9(2)12)10(14)13-6-4-5-11(3,15)7-13/h8-9,15H,4-7,12H2,1-3H3. The number of hydrogen-bond donors (Lipinski definition) is 2. The van der Waals surface area contributed by atoms with Crippen molar-refractivity contribution in [2.45, 2.75) is 45.3 Å². The number of carbonyl (C=O) groups is 1. The molecule has 0 aromatic heterocycles. The average Bonchev–Trinajstić information content (AvgIpc) is 2.13. The monoisotopic (exact) mass is 214 g/mol. The van der Waals surface area contributed by atoms with E-state index in [0.717, 1.165) is 19.4 Å². The van der Waals surface area contributed by atoms with Crippen LogP contribution in [0.25, 0.3) is 0 Å². The van der Waals surface area contributed by atoms with Crippen molar-refractivity contribution in [2.24, 2.45) is 11.7 Å². The van der Waals surface area contributed by atoms with E-state index >= 15 is 0 Å². The predicted octanol–water partition coefficient (Wildman–Crippen LogP) is 0.343. The van der Waals surface area contributed by atoms with Crippen LogP contribution < -0.4 is 5.73 Å². The van der Waals surface area contributed by atoms with Gasteiger partial charge in [0.1, 0.15) is 0 Å². The smallest absolute Gasteiger partial charge is 0.227 e. The van der Waals surface area contributed by atoms with E-state index in [1.54, 1.807) is 11.8 Å². The molecule has 1 amide bonds. The van der Waals surface area contributed by atoms with Gasteiger partial charge in [0.05, 0.1) is 11.5 Å². The van der Waals surface area contributed by atoms with E-state index in [4.69, 9.17) is 5.73 Å². The first kappa shape index (κ1) is 12.5. The van der Waals surface area contributed by atoms with Crippen LogP contribution in [0.3, 0.4) is 0 Å². The first-order chi connectivity index (χ1) is 6.83. The normalized spacial score (nSPS) is 31.1. The lowest BCUT2D eigenvalue weighted by atomic mass is 9.93. The Hall–Kier alpha value is -0.610. The van der Waals surface area contributed by atoms with Crippen molar-refractivity contribution in [2.75, 3.05) is 13.1 Å². The summed E-state index contributed by atoms with van der Waals surface area (Å²) in [6.45, 7) is 6.64. The maximum absolute atomic E-state index is 12.0. The second-order valence-electron chi connectivity index (χ2n) is 5.01. The van der Waals surface area contributed by atoms with Crippen LogP contribution in [-0.2, 0) is 4.79 Å². The molecule has 0 aromatic rings. The summed E-state index contributed by atoms with van der Waals surface area (Å²) in [5, 5.41) is 9.89. The fourth-order valence-corrected chi connectivity index (χ4v) is 1.92. The Kier molecular flexibility index (Phi) is 3.73. The highest BCUT2D eigenvalue weighted by atomic mass is 16.3. The molecule has 3 unspecified atom stereocenters. The SMILES string of the molecule is CC(N)C(C)C(=O)N1CCCC(C)(O)C1. The minimum Gasteiger partial charge on any atom is -0.388 e. The van der Waals surface area contributed by atoms with Crippen molar-refractivity contribution in [1.82, 2.24) is 4.90 Å². The van der Waals surface area contributed by atoms with Crippen LogP contribution in [-0.4, -0.2) is 40.6 Å². The van der Waals surface area contributed by atoms with Crippen LogP contribution in [0.15, 0.2) is 0 Å². The lowest BCUT2D eigenvalue weighted by Crippen LogP contribution is -2.51. The van der Waals surface area contributed by atoms with E-state index in [1.807, 2.05) is 13.8 Å². The molecule has 0 bridgehead atoms. The Morgan fingerprint density at radius 1 is 1.53 bits per heavy atom. The van der Waals surface area contributed by atoms with Crippen molar-refractivity contribution in [3.8, 4) is 0 Å². The van der Waals surface area contributed by atoms with Crippen molar-refractivity contribution in [3.05, 3.63) is 0 Å². The number of piperidine rings is 1. The number of aliphatic hydroxyl groups is 1. The minimum absolute atomic E-state index is 0.0602. The van der Waals surface area contributed by atoms with Gasteiger partial charge in [0.2, 0.25) is 5.91 Å². The Morgan fingerprint density at radius 2 is 2.13 bits per heavy atom. The van der Waals surface area contributed by atoms with Crippen molar-refractivity contribution in [3.63, 3.8) is 0 Å². The van der Waals surface area contributed by atoms with Gasteiger partial charge in [0.15, 0.2) is 0 Å². The van der Waals surface area contributed by atoms with E-state index in [2.05, 4.69) is 0 Å². The third-order valence-electron chi connectivity index (χ3n) is 3.16. The maximum atomic E-state index is 12.0. The molecule has 3 N–H and O–H groups in total. The van der Waals surface area contributed by atoms with E-state index in [-0.39, 0.29) is 17.9 Å². The van der Waals surface area contributed by atoms with Gasteiger partial charge in [-0.3, -0.25) is 4.79 Å². The molecule has 0 aliphatic carbocycles. The van der Waals surface area contributed by atoms with Crippen molar-refractivity contribution < 1.29 is 9.90 Å². The quantitative estimate of drug-likeness (QED) is 0.696. The molecule has 0 spiro atoms. The molecule has 4 heteroatoms. The first-order valence-corrected chi connectivity index (χ1v) is 5.60. The van der Waals surface area contributed by atoms with E-state index in [1.165, 1.54) is 0 Å². The Morgan fingerprint density at radius 3 is 2.60 bits per heavy atom. The number of nitrogens with zero attached hydrogens (tertiary/aromatic N) is 1. The molecule has 4 nitrogen and oxygen atoms in total. The fourth-order valence-electron chi connectivity index (χ4n) is 1.92. The summed E-state index contributed by atoms with van der Waals surface area (Å²) in [5.41, 5.74) is 4.97. The first-order valence-electron chi connectivity index (χ1n) is 5.60. The third kappa shape index (κ3) is 3.18. The number of carbonyl (C=O) groups excluding carboxylic acids is 1. The van der Waals surface area contributed by atoms with Gasteiger partial charge in [-0.05, 0) is 26.7 Å². The zero-order valence-electron chi connectivity index (χ0n) is 9.86. The lowest BCUT2D eigenvalue weighted by Gasteiger charge is -2.38. The molecule has 1 aliphatic rings. The molecule has 3 atom stereocenters. The van der Waals surface area contributed by atoms with Gasteiger partial charge in [0, 0.05) is 19.1 Å². The molecule has 1 aliphatic heterocycles. The summed E-state index contributed by atoms with van der Waals surface area (Å²) >= 11 is 0. The predicted molar refractivity (Wildman–Crippen MR) is 59.3 cm³/mol. The number of likely N-dealkylation sites (tertiary alicyclic amines) is 1. The molecule has 0 aromatic carbocycles. The Balaban J connectivity index is 2.60. The average molecular weight is 214 g/mol. The molecule has 88 valence electrons. The van der Waals surface area contributed by atoms with E-state index in [0.29, 0.717) is 6.54 Å². The maximum Gasteiger partial charge on any atom is 0.227 e. The molecule has 1 rings (SSSR count). The molecular formula is C11H22N2O2. The van der Waals surface area contributed by atoms with Gasteiger partial charge in [-0.25, -0.2) is 0 Å². The summed E-state index contributed by atoms with van der Waals surface area (Å²) in [4.78, 5) is 13.7. The molecule has 15 heavy (non-hydrogen) atoms. The summed E-state index contributed by atoms with van der Waals surface area (Å²) in [5.74, 6) is -0.108. The topological polar surface area (TPSA) is 66.6 Å². The molecule has 1 saturated heterocycles. The Labute approximate surface area is 91.4 Å². The van der Waals surface area contributed by atoms with Gasteiger partial charge >= 0.3 is 0 Å². The van der Waals surface area contributed by atoms with Crippen LogP contribution in [0.2, 0.25) is 0 Å². The number of hydrogen-bond acceptors (Lipinski definition) is 3. The largest absolute Gasteiger partial charge is 0.388 e. The Bertz CT molecular complexity index is 239. The zero-order chi connectivity index (χ0) is 11.6. The van der Waals surface area contributed by atoms with Gasteiger partial charge in [-0.2, -0.15) is 0 Å². The van der Waals surface area contributed by atoms with Crippen molar-refractivity contribution in [1.29, 1.82) is 0 Å². The second-order valence-corrected chi connectivity index (χ2v) is 5.01. The molecule has 0 saturated carbocycles. The number of β-amino-alcohol motifs (C(OH)–C–C–N with tert-alkyl or cyclic N) is 1. The van der Waals surface area contributed by atoms with E-state index < -0.39 is 5.60 Å². The summed E-state index contributed by atoms with van der Waals surface area (Å²) < 4.78 is 0. The van der Waals surface area contributed by atoms with Crippen LogP contribution in [0.1, 0.15) is 33.6 Å². The number of rotatable bonds is 2. The van der Waals surface area contributed by atoms with Crippen LogP contribution in [0.4, 0.5) is 0 Å². The molecule has 0 radical (unpaired) electrons. The van der Waals surface area contributed by atoms with Crippen molar-refractivity contribution >= 4 is 5.91 Å². The third-order valence-corrected chi connectivity index (χ3v) is 3.16. The minimum atomic E-state index is -0.731.